The molecule has 0 fully saturated rings. The van der Waals surface area contributed by atoms with Crippen LogP contribution in [0.25, 0.3) is 0 Å². The summed E-state index contributed by atoms with van der Waals surface area (Å²) in [5, 5.41) is 4.32. The molecule has 3 aromatic rings. The summed E-state index contributed by atoms with van der Waals surface area (Å²) in [6.45, 7) is 1.79. The van der Waals surface area contributed by atoms with Crippen molar-refractivity contribution in [2.45, 2.75) is 26.2 Å². The molecule has 0 bridgehead atoms. The Morgan fingerprint density at radius 1 is 1.12 bits per heavy atom. The van der Waals surface area contributed by atoms with Crippen LogP contribution in [0.2, 0.25) is 0 Å². The van der Waals surface area contributed by atoms with Crippen LogP contribution < -0.4 is 10.3 Å². The summed E-state index contributed by atoms with van der Waals surface area (Å²) in [5.41, 5.74) is 5.49. The summed E-state index contributed by atoms with van der Waals surface area (Å²) in [7, 11) is 2.87. The summed E-state index contributed by atoms with van der Waals surface area (Å²) < 4.78 is 10.8. The van der Waals surface area contributed by atoms with E-state index in [0.29, 0.717) is 35.6 Å². The number of nitrogens with one attached hydrogen (secondary N) is 1. The molecule has 1 aliphatic rings. The molecule has 1 aromatic carbocycles. The van der Waals surface area contributed by atoms with Crippen LogP contribution in [0.5, 0.6) is 0 Å². The maximum Gasteiger partial charge on any atom is 0.339 e. The van der Waals surface area contributed by atoms with E-state index in [4.69, 9.17) is 9.15 Å². The molecule has 174 valence electrons. The average Bonchev–Trinajstić information content (AvgIpc) is 3.23. The first-order valence-electron chi connectivity index (χ1n) is 10.8. The second kappa shape index (κ2) is 9.70. The standard InChI is InChI=1S/C25H24N4O5/c1-15-21-17(27-28-23(30)18-10-6-7-14-26-18)11-8-13-20(21)34-22(15)24(31)29(2)19-12-5-4-9-16(19)25(32)33-3/h4-7,9-10,12,14H,8,11,13H2,1-3H3,(H,28,30)/b27-17+. The second-order valence-corrected chi connectivity index (χ2v) is 7.80. The maximum absolute atomic E-state index is 13.4. The summed E-state index contributed by atoms with van der Waals surface area (Å²) in [4.78, 5) is 43.3. The van der Waals surface area contributed by atoms with Crippen LogP contribution in [0.15, 0.2) is 58.2 Å². The van der Waals surface area contributed by atoms with Crippen LogP contribution in [0.1, 0.15) is 61.1 Å². The van der Waals surface area contributed by atoms with Gasteiger partial charge in [-0.1, -0.05) is 18.2 Å². The molecule has 9 nitrogen and oxygen atoms in total. The number of para-hydroxylation sites is 1. The molecule has 1 aliphatic carbocycles. The molecule has 34 heavy (non-hydrogen) atoms. The zero-order valence-electron chi connectivity index (χ0n) is 19.1. The molecule has 0 saturated carbocycles. The number of amides is 2. The first kappa shape index (κ1) is 22.9. The number of fused-ring (bicyclic) bond motifs is 1. The number of furan rings is 1. The van der Waals surface area contributed by atoms with E-state index >= 15 is 0 Å². The third-order valence-electron chi connectivity index (χ3n) is 5.69. The minimum atomic E-state index is -0.538. The molecule has 0 unspecified atom stereocenters. The number of aromatic nitrogens is 1. The minimum Gasteiger partial charge on any atom is -0.465 e. The first-order valence-corrected chi connectivity index (χ1v) is 10.8. The zero-order chi connectivity index (χ0) is 24.2. The van der Waals surface area contributed by atoms with E-state index in [1.165, 1.54) is 18.2 Å². The van der Waals surface area contributed by atoms with Crippen LogP contribution in [0.4, 0.5) is 5.69 Å². The van der Waals surface area contributed by atoms with Gasteiger partial charge in [0, 0.05) is 30.8 Å². The van der Waals surface area contributed by atoms with Gasteiger partial charge in [0.25, 0.3) is 11.8 Å². The quantitative estimate of drug-likeness (QED) is 0.460. The van der Waals surface area contributed by atoms with Crippen molar-refractivity contribution in [2.24, 2.45) is 5.10 Å². The molecule has 2 heterocycles. The molecule has 0 saturated heterocycles. The largest absolute Gasteiger partial charge is 0.465 e. The molecular formula is C25H24N4O5. The van der Waals surface area contributed by atoms with E-state index in [2.05, 4.69) is 15.5 Å². The molecule has 0 aliphatic heterocycles. The van der Waals surface area contributed by atoms with Crippen molar-refractivity contribution in [3.8, 4) is 0 Å². The van der Waals surface area contributed by atoms with E-state index in [1.807, 2.05) is 0 Å². The summed E-state index contributed by atoms with van der Waals surface area (Å²) >= 11 is 0. The number of esters is 1. The lowest BCUT2D eigenvalue weighted by atomic mass is 9.93. The minimum absolute atomic E-state index is 0.165. The van der Waals surface area contributed by atoms with E-state index in [-0.39, 0.29) is 17.0 Å². The third kappa shape index (κ3) is 4.32. The molecule has 0 atom stereocenters. The smallest absolute Gasteiger partial charge is 0.339 e. The van der Waals surface area contributed by atoms with Gasteiger partial charge >= 0.3 is 5.97 Å². The number of pyridine rings is 1. The van der Waals surface area contributed by atoms with Crippen molar-refractivity contribution in [1.29, 1.82) is 0 Å². The highest BCUT2D eigenvalue weighted by molar-refractivity contribution is 6.11. The number of benzene rings is 1. The molecule has 0 spiro atoms. The number of carbonyl (C=O) groups is 3. The van der Waals surface area contributed by atoms with Gasteiger partial charge in [-0.2, -0.15) is 5.10 Å². The second-order valence-electron chi connectivity index (χ2n) is 7.80. The first-order chi connectivity index (χ1) is 16.4. The number of ether oxygens (including phenoxy) is 1. The Labute approximate surface area is 196 Å². The number of rotatable bonds is 5. The van der Waals surface area contributed by atoms with Crippen LogP contribution >= 0.6 is 0 Å². The van der Waals surface area contributed by atoms with Gasteiger partial charge in [-0.25, -0.2) is 10.2 Å². The number of anilines is 1. The van der Waals surface area contributed by atoms with Gasteiger partial charge in [0.1, 0.15) is 11.5 Å². The number of methoxy groups -OCH3 is 1. The van der Waals surface area contributed by atoms with Gasteiger partial charge in [0.05, 0.1) is 24.1 Å². The highest BCUT2D eigenvalue weighted by atomic mass is 16.5. The molecule has 2 aromatic heterocycles. The van der Waals surface area contributed by atoms with Crippen LogP contribution in [0, 0.1) is 6.92 Å². The Morgan fingerprint density at radius 3 is 2.62 bits per heavy atom. The highest BCUT2D eigenvalue weighted by Gasteiger charge is 2.30. The van der Waals surface area contributed by atoms with Gasteiger partial charge in [-0.3, -0.25) is 14.6 Å². The van der Waals surface area contributed by atoms with Crippen molar-refractivity contribution in [3.05, 3.63) is 82.6 Å². The Kier molecular flexibility index (Phi) is 6.53. The van der Waals surface area contributed by atoms with Crippen molar-refractivity contribution in [3.63, 3.8) is 0 Å². The van der Waals surface area contributed by atoms with Gasteiger partial charge < -0.3 is 14.1 Å². The molecular weight excluding hydrogens is 436 g/mol. The normalized spacial score (nSPS) is 13.8. The lowest BCUT2D eigenvalue weighted by molar-refractivity contribution is 0.0601. The van der Waals surface area contributed by atoms with Crippen molar-refractivity contribution in [1.82, 2.24) is 10.4 Å². The number of aryl methyl sites for hydroxylation is 1. The number of hydrogen-bond acceptors (Lipinski definition) is 7. The Bertz CT molecular complexity index is 1280. The fourth-order valence-corrected chi connectivity index (χ4v) is 3.97. The lowest BCUT2D eigenvalue weighted by Gasteiger charge is -2.19. The topological polar surface area (TPSA) is 114 Å². The SMILES string of the molecule is COC(=O)c1ccccc1N(C)C(=O)c1oc2c(c1C)/C(=N/NC(=O)c1ccccn1)CCC2. The number of hydrazone groups is 1. The number of nitrogens with zero attached hydrogens (tertiary/aromatic N) is 3. The predicted molar refractivity (Wildman–Crippen MR) is 125 cm³/mol. The summed E-state index contributed by atoms with van der Waals surface area (Å²) in [5.74, 6) is -0.550. The Hall–Kier alpha value is -4.27. The van der Waals surface area contributed by atoms with Gasteiger partial charge in [-0.05, 0) is 44.0 Å². The average molecular weight is 460 g/mol. The van der Waals surface area contributed by atoms with Gasteiger partial charge in [0.2, 0.25) is 0 Å². The number of hydrogen-bond donors (Lipinski definition) is 1. The van der Waals surface area contributed by atoms with Crippen molar-refractivity contribution < 1.29 is 23.5 Å². The van der Waals surface area contributed by atoms with E-state index in [9.17, 15) is 14.4 Å². The molecule has 0 radical (unpaired) electrons. The molecule has 4 rings (SSSR count). The van der Waals surface area contributed by atoms with Gasteiger partial charge in [-0.15, -0.1) is 0 Å². The zero-order valence-corrected chi connectivity index (χ0v) is 19.1. The monoisotopic (exact) mass is 460 g/mol. The molecule has 1 N–H and O–H groups in total. The predicted octanol–water partition coefficient (Wildman–Crippen LogP) is 3.52. The Balaban J connectivity index is 1.63. The van der Waals surface area contributed by atoms with E-state index < -0.39 is 17.8 Å². The maximum atomic E-state index is 13.4. The lowest BCUT2D eigenvalue weighted by Crippen LogP contribution is -2.28. The molecule has 2 amide bonds. The van der Waals surface area contributed by atoms with Crippen molar-refractivity contribution >= 4 is 29.2 Å². The summed E-state index contributed by atoms with van der Waals surface area (Å²) in [6, 6.07) is 11.8. The van der Waals surface area contributed by atoms with E-state index in [0.717, 1.165) is 12.0 Å². The van der Waals surface area contributed by atoms with Crippen LogP contribution in [0.3, 0.4) is 0 Å². The number of carbonyl (C=O) groups excluding carboxylic acids is 3. The highest BCUT2D eigenvalue weighted by Crippen LogP contribution is 2.31. The molecule has 9 heteroatoms. The van der Waals surface area contributed by atoms with E-state index in [1.54, 1.807) is 56.4 Å². The fourth-order valence-electron chi connectivity index (χ4n) is 3.97. The fraction of sp³-hybridized carbons (Fsp3) is 0.240. The Morgan fingerprint density at radius 2 is 1.88 bits per heavy atom. The van der Waals surface area contributed by atoms with Gasteiger partial charge in [0.15, 0.2) is 5.76 Å². The third-order valence-corrected chi connectivity index (χ3v) is 5.69. The van der Waals surface area contributed by atoms with Crippen LogP contribution in [-0.4, -0.2) is 42.6 Å². The van der Waals surface area contributed by atoms with Crippen LogP contribution in [-0.2, 0) is 11.2 Å². The van der Waals surface area contributed by atoms with Crippen molar-refractivity contribution in [2.75, 3.05) is 19.1 Å². The summed E-state index contributed by atoms with van der Waals surface area (Å²) in [6.07, 6.45) is 3.59.